The predicted octanol–water partition coefficient (Wildman–Crippen LogP) is 3.04. The van der Waals surface area contributed by atoms with E-state index in [1.54, 1.807) is 0 Å². The van der Waals surface area contributed by atoms with Crippen molar-refractivity contribution in [3.05, 3.63) is 66.0 Å². The van der Waals surface area contributed by atoms with Crippen molar-refractivity contribution in [3.8, 4) is 0 Å². The third kappa shape index (κ3) is 1.54. The number of para-hydroxylation sites is 2. The van der Waals surface area contributed by atoms with Gasteiger partial charge in [0.1, 0.15) is 5.82 Å². The van der Waals surface area contributed by atoms with E-state index in [4.69, 9.17) is 0 Å². The molecule has 0 saturated heterocycles. The van der Waals surface area contributed by atoms with Crippen LogP contribution in [0.1, 0.15) is 11.4 Å². The van der Waals surface area contributed by atoms with E-state index in [1.165, 1.54) is 11.1 Å². The van der Waals surface area contributed by atoms with Gasteiger partial charge in [0.15, 0.2) is 0 Å². The number of aryl methyl sites for hydroxylation is 1. The van der Waals surface area contributed by atoms with Crippen molar-refractivity contribution < 1.29 is 0 Å². The summed E-state index contributed by atoms with van der Waals surface area (Å²) in [7, 11) is 0. The first-order valence-electron chi connectivity index (χ1n) is 6.67. The third-order valence-corrected chi connectivity index (χ3v) is 3.65. The van der Waals surface area contributed by atoms with Crippen molar-refractivity contribution in [3.63, 3.8) is 0 Å². The predicted molar refractivity (Wildman–Crippen MR) is 78.8 cm³/mol. The fourth-order valence-corrected chi connectivity index (χ4v) is 2.72. The summed E-state index contributed by atoms with van der Waals surface area (Å²) in [5, 5.41) is 8.53. The highest BCUT2D eigenvalue weighted by Crippen LogP contribution is 2.22. The zero-order valence-corrected chi connectivity index (χ0v) is 11.2. The molecule has 0 spiro atoms. The van der Waals surface area contributed by atoms with Crippen LogP contribution in [0.15, 0.2) is 54.6 Å². The van der Waals surface area contributed by atoms with Gasteiger partial charge in [0, 0.05) is 0 Å². The van der Waals surface area contributed by atoms with Crippen LogP contribution < -0.4 is 0 Å². The smallest absolute Gasteiger partial charge is 0.236 e. The molecule has 2 heterocycles. The molecule has 4 rings (SSSR count). The molecular weight excluding hydrogens is 248 g/mol. The Labute approximate surface area is 116 Å². The van der Waals surface area contributed by atoms with Crippen molar-refractivity contribution in [2.45, 2.75) is 13.5 Å². The molecule has 0 aliphatic carbocycles. The summed E-state index contributed by atoms with van der Waals surface area (Å²) in [6.45, 7) is 2.79. The van der Waals surface area contributed by atoms with E-state index in [9.17, 15) is 0 Å². The lowest BCUT2D eigenvalue weighted by atomic mass is 10.2. The quantitative estimate of drug-likeness (QED) is 0.556. The fraction of sp³-hybridized carbons (Fsp3) is 0.125. The maximum atomic E-state index is 4.33. The summed E-state index contributed by atoms with van der Waals surface area (Å²) >= 11 is 0. The second kappa shape index (κ2) is 4.20. The van der Waals surface area contributed by atoms with Gasteiger partial charge in [-0.2, -0.15) is 0 Å². The molecular formula is C16H14N4. The monoisotopic (exact) mass is 262 g/mol. The first kappa shape index (κ1) is 11.2. The highest BCUT2D eigenvalue weighted by atomic mass is 15.3. The summed E-state index contributed by atoms with van der Waals surface area (Å²) in [5.74, 6) is 1.82. The van der Waals surface area contributed by atoms with Crippen LogP contribution in [0.3, 0.4) is 0 Å². The lowest BCUT2D eigenvalue weighted by molar-refractivity contribution is 0.839. The van der Waals surface area contributed by atoms with Gasteiger partial charge < -0.3 is 4.57 Å². The fourth-order valence-electron chi connectivity index (χ4n) is 2.72. The number of imidazole rings is 1. The molecule has 4 aromatic rings. The molecule has 0 fully saturated rings. The molecule has 0 radical (unpaired) electrons. The van der Waals surface area contributed by atoms with E-state index in [1.807, 2.05) is 19.1 Å². The average molecular weight is 262 g/mol. The maximum absolute atomic E-state index is 4.33. The van der Waals surface area contributed by atoms with Gasteiger partial charge in [0.05, 0.1) is 17.6 Å². The van der Waals surface area contributed by atoms with Gasteiger partial charge in [0.2, 0.25) is 5.78 Å². The Balaban J connectivity index is 2.01. The average Bonchev–Trinajstić information content (AvgIpc) is 3.01. The van der Waals surface area contributed by atoms with Crippen molar-refractivity contribution >= 4 is 16.8 Å². The lowest BCUT2D eigenvalue weighted by Gasteiger charge is -2.04. The minimum Gasteiger partial charge on any atom is -0.304 e. The number of rotatable bonds is 2. The van der Waals surface area contributed by atoms with Gasteiger partial charge >= 0.3 is 0 Å². The number of hydrogen-bond donors (Lipinski definition) is 0. The highest BCUT2D eigenvalue weighted by Gasteiger charge is 2.14. The number of hydrogen-bond acceptors (Lipinski definition) is 2. The van der Waals surface area contributed by atoms with Crippen LogP contribution in [-0.4, -0.2) is 19.2 Å². The molecule has 0 bridgehead atoms. The second-order valence-electron chi connectivity index (χ2n) is 4.94. The molecule has 0 aliphatic heterocycles. The minimum atomic E-state index is 0.802. The van der Waals surface area contributed by atoms with Crippen LogP contribution in [0, 0.1) is 6.92 Å². The Morgan fingerprint density at radius 3 is 2.35 bits per heavy atom. The van der Waals surface area contributed by atoms with E-state index in [-0.39, 0.29) is 0 Å². The maximum Gasteiger partial charge on any atom is 0.236 e. The lowest BCUT2D eigenvalue weighted by Crippen LogP contribution is -2.00. The normalized spacial score (nSPS) is 11.4. The molecule has 98 valence electrons. The van der Waals surface area contributed by atoms with Crippen molar-refractivity contribution in [2.75, 3.05) is 0 Å². The standard InChI is InChI=1S/C16H14N4/c1-12-17-18-16-19(11-13-7-3-2-4-8-13)14-9-5-6-10-15(14)20(12)16/h2-10H,11H2,1H3. The van der Waals surface area contributed by atoms with Crippen LogP contribution in [0.4, 0.5) is 0 Å². The van der Waals surface area contributed by atoms with Gasteiger partial charge in [-0.25, -0.2) is 0 Å². The van der Waals surface area contributed by atoms with E-state index in [0.717, 1.165) is 23.7 Å². The molecule has 20 heavy (non-hydrogen) atoms. The summed E-state index contributed by atoms with van der Waals surface area (Å²) in [6.07, 6.45) is 0. The summed E-state index contributed by atoms with van der Waals surface area (Å²) < 4.78 is 4.32. The molecule has 4 heteroatoms. The van der Waals surface area contributed by atoms with Gasteiger partial charge in [0.25, 0.3) is 0 Å². The summed E-state index contributed by atoms with van der Waals surface area (Å²) in [4.78, 5) is 0. The van der Waals surface area contributed by atoms with Crippen molar-refractivity contribution in [1.29, 1.82) is 0 Å². The first-order chi connectivity index (χ1) is 9.84. The van der Waals surface area contributed by atoms with E-state index in [2.05, 4.69) is 61.6 Å². The van der Waals surface area contributed by atoms with E-state index in [0.29, 0.717) is 0 Å². The van der Waals surface area contributed by atoms with Gasteiger partial charge in [-0.3, -0.25) is 4.40 Å². The molecule has 0 atom stereocenters. The molecule has 2 aromatic carbocycles. The zero-order valence-electron chi connectivity index (χ0n) is 11.2. The van der Waals surface area contributed by atoms with Gasteiger partial charge in [-0.1, -0.05) is 42.5 Å². The van der Waals surface area contributed by atoms with Gasteiger partial charge in [-0.05, 0) is 24.6 Å². The Kier molecular flexibility index (Phi) is 2.36. The molecule has 0 unspecified atom stereocenters. The number of fused-ring (bicyclic) bond motifs is 3. The molecule has 0 saturated carbocycles. The Bertz CT molecular complexity index is 887. The van der Waals surface area contributed by atoms with Crippen LogP contribution in [0.5, 0.6) is 0 Å². The molecule has 0 N–H and O–H groups in total. The molecule has 0 aliphatic rings. The Hall–Kier alpha value is -2.62. The minimum absolute atomic E-state index is 0.802. The molecule has 0 amide bonds. The van der Waals surface area contributed by atoms with E-state index < -0.39 is 0 Å². The topological polar surface area (TPSA) is 35.1 Å². The van der Waals surface area contributed by atoms with Crippen molar-refractivity contribution in [2.24, 2.45) is 0 Å². The van der Waals surface area contributed by atoms with Crippen LogP contribution >= 0.6 is 0 Å². The summed E-state index contributed by atoms with van der Waals surface area (Å²) in [6, 6.07) is 18.8. The number of benzene rings is 2. The zero-order chi connectivity index (χ0) is 13.5. The highest BCUT2D eigenvalue weighted by molar-refractivity contribution is 5.81. The SMILES string of the molecule is Cc1nnc2n(Cc3ccccc3)c3ccccc3n12. The van der Waals surface area contributed by atoms with Crippen LogP contribution in [-0.2, 0) is 6.54 Å². The van der Waals surface area contributed by atoms with E-state index >= 15 is 0 Å². The van der Waals surface area contributed by atoms with Crippen LogP contribution in [0.25, 0.3) is 16.8 Å². The molecule has 4 nitrogen and oxygen atoms in total. The number of nitrogens with zero attached hydrogens (tertiary/aromatic N) is 4. The summed E-state index contributed by atoms with van der Waals surface area (Å²) in [5.41, 5.74) is 3.60. The van der Waals surface area contributed by atoms with Gasteiger partial charge in [-0.15, -0.1) is 10.2 Å². The number of aromatic nitrogens is 4. The second-order valence-corrected chi connectivity index (χ2v) is 4.94. The molecule has 2 aromatic heterocycles. The largest absolute Gasteiger partial charge is 0.304 e. The van der Waals surface area contributed by atoms with Crippen molar-refractivity contribution in [1.82, 2.24) is 19.2 Å². The Morgan fingerprint density at radius 1 is 0.850 bits per heavy atom. The third-order valence-electron chi connectivity index (χ3n) is 3.65. The first-order valence-corrected chi connectivity index (χ1v) is 6.67. The van der Waals surface area contributed by atoms with Crippen LogP contribution in [0.2, 0.25) is 0 Å². The Morgan fingerprint density at radius 2 is 1.55 bits per heavy atom.